The van der Waals surface area contributed by atoms with Gasteiger partial charge in [0, 0.05) is 18.0 Å². The van der Waals surface area contributed by atoms with Crippen LogP contribution in [0.15, 0.2) is 18.2 Å². The number of anilines is 1. The average Bonchev–Trinajstić information content (AvgIpc) is 2.39. The summed E-state index contributed by atoms with van der Waals surface area (Å²) in [7, 11) is 0. The molecule has 0 radical (unpaired) electrons. The molecule has 0 aliphatic rings. The van der Waals surface area contributed by atoms with Gasteiger partial charge in [-0.05, 0) is 39.3 Å². The molecule has 0 aliphatic carbocycles. The minimum Gasteiger partial charge on any atom is -0.492 e. The van der Waals surface area contributed by atoms with E-state index in [1.54, 1.807) is 20.8 Å². The Balaban J connectivity index is 2.70. The Bertz CT molecular complexity index is 546. The van der Waals surface area contributed by atoms with Crippen LogP contribution < -0.4 is 15.4 Å². The molecule has 0 spiro atoms. The number of hydrogen-bond donors (Lipinski definition) is 3. The van der Waals surface area contributed by atoms with E-state index in [1.165, 1.54) is 18.2 Å². The number of benzene rings is 1. The standard InChI is InChI=1S/C15H21FN2O4/c1-4-22-12-9-10(16)5-6-11(12)17-14(21)18-15(2,3)8-7-13(19)20/h5-6,9H,4,7-8H2,1-3H3,(H,19,20)(H2,17,18,21). The zero-order chi connectivity index (χ0) is 16.8. The maximum absolute atomic E-state index is 13.2. The van der Waals surface area contributed by atoms with Gasteiger partial charge in [-0.1, -0.05) is 0 Å². The zero-order valence-electron chi connectivity index (χ0n) is 12.9. The summed E-state index contributed by atoms with van der Waals surface area (Å²) < 4.78 is 18.5. The van der Waals surface area contributed by atoms with Crippen LogP contribution in [0.1, 0.15) is 33.6 Å². The van der Waals surface area contributed by atoms with Gasteiger partial charge in [0.15, 0.2) is 0 Å². The lowest BCUT2D eigenvalue weighted by atomic mass is 9.99. The fraction of sp³-hybridized carbons (Fsp3) is 0.467. The van der Waals surface area contributed by atoms with Gasteiger partial charge in [0.2, 0.25) is 0 Å². The van der Waals surface area contributed by atoms with Crippen molar-refractivity contribution >= 4 is 17.7 Å². The molecule has 1 rings (SSSR count). The lowest BCUT2D eigenvalue weighted by molar-refractivity contribution is -0.137. The number of rotatable bonds is 7. The van der Waals surface area contributed by atoms with Crippen molar-refractivity contribution in [1.29, 1.82) is 0 Å². The number of urea groups is 1. The molecule has 0 saturated heterocycles. The molecular weight excluding hydrogens is 291 g/mol. The molecule has 3 N–H and O–H groups in total. The fourth-order valence-corrected chi connectivity index (χ4v) is 1.82. The molecule has 22 heavy (non-hydrogen) atoms. The van der Waals surface area contributed by atoms with Crippen LogP contribution >= 0.6 is 0 Å². The van der Waals surface area contributed by atoms with Crippen LogP contribution in [-0.4, -0.2) is 29.3 Å². The summed E-state index contributed by atoms with van der Waals surface area (Å²) in [5, 5.41) is 13.9. The minimum atomic E-state index is -0.924. The number of halogens is 1. The molecule has 0 atom stereocenters. The first-order chi connectivity index (χ1) is 10.2. The first-order valence-electron chi connectivity index (χ1n) is 6.97. The van der Waals surface area contributed by atoms with E-state index in [1.807, 2.05) is 0 Å². The molecule has 0 aromatic heterocycles. The maximum atomic E-state index is 13.2. The second-order valence-corrected chi connectivity index (χ2v) is 5.43. The van der Waals surface area contributed by atoms with Crippen molar-refractivity contribution in [2.75, 3.05) is 11.9 Å². The fourth-order valence-electron chi connectivity index (χ4n) is 1.82. The summed E-state index contributed by atoms with van der Waals surface area (Å²) in [6, 6.07) is 3.30. The largest absolute Gasteiger partial charge is 0.492 e. The van der Waals surface area contributed by atoms with Crippen LogP contribution in [0.4, 0.5) is 14.9 Å². The smallest absolute Gasteiger partial charge is 0.319 e. The minimum absolute atomic E-state index is 0.0476. The summed E-state index contributed by atoms with van der Waals surface area (Å²) in [5.74, 6) is -1.15. The molecule has 7 heteroatoms. The highest BCUT2D eigenvalue weighted by atomic mass is 19.1. The lowest BCUT2D eigenvalue weighted by Gasteiger charge is -2.26. The average molecular weight is 312 g/mol. The zero-order valence-corrected chi connectivity index (χ0v) is 12.9. The predicted octanol–water partition coefficient (Wildman–Crippen LogP) is 2.99. The number of carboxylic acids is 1. The molecule has 0 saturated carbocycles. The quantitative estimate of drug-likeness (QED) is 0.722. The molecule has 1 aromatic carbocycles. The van der Waals surface area contributed by atoms with Crippen molar-refractivity contribution < 1.29 is 23.8 Å². The van der Waals surface area contributed by atoms with Crippen LogP contribution in [0.5, 0.6) is 5.75 Å². The molecule has 1 aromatic rings. The highest BCUT2D eigenvalue weighted by molar-refractivity contribution is 5.91. The third kappa shape index (κ3) is 5.99. The van der Waals surface area contributed by atoms with Gasteiger partial charge in [-0.25, -0.2) is 9.18 Å². The Morgan fingerprint density at radius 1 is 1.36 bits per heavy atom. The summed E-state index contributed by atoms with van der Waals surface area (Å²) >= 11 is 0. The molecule has 6 nitrogen and oxygen atoms in total. The summed E-state index contributed by atoms with van der Waals surface area (Å²) in [4.78, 5) is 22.6. The van der Waals surface area contributed by atoms with Crippen LogP contribution in [-0.2, 0) is 4.79 Å². The molecule has 122 valence electrons. The number of hydrogen-bond acceptors (Lipinski definition) is 3. The maximum Gasteiger partial charge on any atom is 0.319 e. The molecular formula is C15H21FN2O4. The van der Waals surface area contributed by atoms with Crippen LogP contribution in [0, 0.1) is 5.82 Å². The third-order valence-corrected chi connectivity index (χ3v) is 2.91. The molecule has 0 heterocycles. The molecule has 2 amide bonds. The highest BCUT2D eigenvalue weighted by Gasteiger charge is 2.22. The van der Waals surface area contributed by atoms with Gasteiger partial charge >= 0.3 is 12.0 Å². The van der Waals surface area contributed by atoms with E-state index in [2.05, 4.69) is 10.6 Å². The van der Waals surface area contributed by atoms with E-state index < -0.39 is 23.4 Å². The van der Waals surface area contributed by atoms with Crippen molar-refractivity contribution in [1.82, 2.24) is 5.32 Å². The Morgan fingerprint density at radius 3 is 2.64 bits per heavy atom. The Kier molecular flexibility index (Phi) is 6.15. The van der Waals surface area contributed by atoms with Crippen molar-refractivity contribution in [3.8, 4) is 5.75 Å². The number of nitrogens with one attached hydrogen (secondary N) is 2. The number of aliphatic carboxylic acids is 1. The van der Waals surface area contributed by atoms with E-state index in [9.17, 15) is 14.0 Å². The van der Waals surface area contributed by atoms with E-state index >= 15 is 0 Å². The number of carbonyl (C=O) groups excluding carboxylic acids is 1. The van der Waals surface area contributed by atoms with E-state index in [-0.39, 0.29) is 18.6 Å². The van der Waals surface area contributed by atoms with Crippen molar-refractivity contribution in [3.05, 3.63) is 24.0 Å². The van der Waals surface area contributed by atoms with Gasteiger partial charge in [-0.15, -0.1) is 0 Å². The predicted molar refractivity (Wildman–Crippen MR) is 80.7 cm³/mol. The second kappa shape index (κ2) is 7.63. The number of carboxylic acid groups (broad SMARTS) is 1. The molecule has 0 bridgehead atoms. The first kappa shape index (κ1) is 17.7. The Labute approximate surface area is 128 Å². The van der Waals surface area contributed by atoms with Gasteiger partial charge in [0.25, 0.3) is 0 Å². The summed E-state index contributed by atoms with van der Waals surface area (Å²) in [6.45, 7) is 5.54. The molecule has 0 aliphatic heterocycles. The topological polar surface area (TPSA) is 87.7 Å². The van der Waals surface area contributed by atoms with Crippen molar-refractivity contribution in [3.63, 3.8) is 0 Å². The normalized spacial score (nSPS) is 10.9. The van der Waals surface area contributed by atoms with Crippen molar-refractivity contribution in [2.45, 2.75) is 39.2 Å². The second-order valence-electron chi connectivity index (χ2n) is 5.43. The number of carbonyl (C=O) groups is 2. The lowest BCUT2D eigenvalue weighted by Crippen LogP contribution is -2.45. The third-order valence-electron chi connectivity index (χ3n) is 2.91. The first-order valence-corrected chi connectivity index (χ1v) is 6.97. The summed E-state index contributed by atoms with van der Waals surface area (Å²) in [6.07, 6.45) is 0.242. The van der Waals surface area contributed by atoms with Crippen LogP contribution in [0.2, 0.25) is 0 Å². The van der Waals surface area contributed by atoms with E-state index in [0.717, 1.165) is 0 Å². The van der Waals surface area contributed by atoms with E-state index in [4.69, 9.17) is 9.84 Å². The summed E-state index contributed by atoms with van der Waals surface area (Å²) in [5.41, 5.74) is -0.344. The highest BCUT2D eigenvalue weighted by Crippen LogP contribution is 2.25. The number of amides is 2. The van der Waals surface area contributed by atoms with E-state index in [0.29, 0.717) is 12.3 Å². The monoisotopic (exact) mass is 312 g/mol. The van der Waals surface area contributed by atoms with Gasteiger partial charge in [0.05, 0.1) is 12.3 Å². The van der Waals surface area contributed by atoms with Gasteiger partial charge in [0.1, 0.15) is 11.6 Å². The molecule has 0 fully saturated rings. The van der Waals surface area contributed by atoms with Crippen LogP contribution in [0.3, 0.4) is 0 Å². The Hall–Kier alpha value is -2.31. The van der Waals surface area contributed by atoms with Gasteiger partial charge in [-0.2, -0.15) is 0 Å². The SMILES string of the molecule is CCOc1cc(F)ccc1NC(=O)NC(C)(C)CCC(=O)O. The van der Waals surface area contributed by atoms with Crippen molar-refractivity contribution in [2.24, 2.45) is 0 Å². The van der Waals surface area contributed by atoms with Gasteiger partial charge < -0.3 is 20.5 Å². The number of ether oxygens (including phenoxy) is 1. The van der Waals surface area contributed by atoms with Crippen LogP contribution in [0.25, 0.3) is 0 Å². The van der Waals surface area contributed by atoms with Gasteiger partial charge in [-0.3, -0.25) is 4.79 Å². The Morgan fingerprint density at radius 2 is 2.05 bits per heavy atom. The molecule has 0 unspecified atom stereocenters.